The number of nitrogens with one attached hydrogen (secondary N) is 1. The lowest BCUT2D eigenvalue weighted by molar-refractivity contribution is -0.389. The zero-order chi connectivity index (χ0) is 14.0. The molecule has 0 fully saturated rings. The van der Waals surface area contributed by atoms with E-state index in [4.69, 9.17) is 5.11 Å². The van der Waals surface area contributed by atoms with E-state index in [-0.39, 0.29) is 18.2 Å². The molecule has 2 aromatic rings. The number of nitrogens with zero attached hydrogens (tertiary/aromatic N) is 3. The van der Waals surface area contributed by atoms with Crippen molar-refractivity contribution in [3.63, 3.8) is 0 Å². The largest absolute Gasteiger partial charge is 0.481 e. The molecule has 0 radical (unpaired) electrons. The molecule has 0 aliphatic carbocycles. The second kappa shape index (κ2) is 5.22. The summed E-state index contributed by atoms with van der Waals surface area (Å²) in [6, 6.07) is 0. The highest BCUT2D eigenvalue weighted by molar-refractivity contribution is 7.15. The summed E-state index contributed by atoms with van der Waals surface area (Å²) in [7, 11) is 0. The second-order valence-corrected chi connectivity index (χ2v) is 4.79. The van der Waals surface area contributed by atoms with Crippen molar-refractivity contribution in [1.82, 2.24) is 9.38 Å². The number of aromatic nitrogens is 2. The maximum Gasteiger partial charge on any atom is 0.372 e. The van der Waals surface area contributed by atoms with Gasteiger partial charge >= 0.3 is 11.8 Å². The SMILES string of the molecule is CCC(CNc1nc2sccn2c1[N+](=O)[O-])C(=O)O. The quantitative estimate of drug-likeness (QED) is 0.618. The van der Waals surface area contributed by atoms with E-state index in [0.717, 1.165) is 0 Å². The molecule has 1 unspecified atom stereocenters. The number of carboxylic acids is 1. The van der Waals surface area contributed by atoms with Crippen molar-refractivity contribution in [3.8, 4) is 0 Å². The van der Waals surface area contributed by atoms with E-state index in [1.165, 1.54) is 15.7 Å². The van der Waals surface area contributed by atoms with Gasteiger partial charge in [-0.25, -0.2) is 0 Å². The molecular weight excluding hydrogens is 272 g/mol. The highest BCUT2D eigenvalue weighted by Crippen LogP contribution is 2.28. The van der Waals surface area contributed by atoms with Gasteiger partial charge in [0.25, 0.3) is 4.96 Å². The van der Waals surface area contributed by atoms with Crippen LogP contribution in [0.1, 0.15) is 13.3 Å². The molecule has 8 nitrogen and oxygen atoms in total. The van der Waals surface area contributed by atoms with Crippen LogP contribution in [0.5, 0.6) is 0 Å². The normalized spacial score (nSPS) is 12.5. The number of imidazole rings is 1. The van der Waals surface area contributed by atoms with Gasteiger partial charge in [-0.3, -0.25) is 4.79 Å². The number of anilines is 1. The van der Waals surface area contributed by atoms with Crippen molar-refractivity contribution in [3.05, 3.63) is 21.7 Å². The van der Waals surface area contributed by atoms with Gasteiger partial charge in [-0.05, 0) is 11.3 Å². The molecule has 19 heavy (non-hydrogen) atoms. The smallest absolute Gasteiger partial charge is 0.372 e. The number of hydrogen-bond donors (Lipinski definition) is 2. The molecule has 0 aliphatic heterocycles. The molecule has 0 aliphatic rings. The van der Waals surface area contributed by atoms with Crippen molar-refractivity contribution >= 4 is 33.9 Å². The minimum absolute atomic E-state index is 0.108. The van der Waals surface area contributed by atoms with E-state index >= 15 is 0 Å². The fourth-order valence-corrected chi connectivity index (χ4v) is 2.40. The van der Waals surface area contributed by atoms with E-state index in [0.29, 0.717) is 11.4 Å². The number of aliphatic carboxylic acids is 1. The van der Waals surface area contributed by atoms with Gasteiger partial charge in [-0.15, -0.1) is 0 Å². The van der Waals surface area contributed by atoms with Gasteiger partial charge in [0, 0.05) is 11.9 Å². The lowest BCUT2D eigenvalue weighted by Gasteiger charge is -2.09. The number of carbonyl (C=O) groups is 1. The van der Waals surface area contributed by atoms with Crippen LogP contribution in [0.4, 0.5) is 11.6 Å². The van der Waals surface area contributed by atoms with E-state index in [1.54, 1.807) is 18.5 Å². The molecule has 9 heteroatoms. The third kappa shape index (κ3) is 2.50. The van der Waals surface area contributed by atoms with Crippen molar-refractivity contribution < 1.29 is 14.8 Å². The molecular formula is C10H12N4O4S. The first-order valence-electron chi connectivity index (χ1n) is 5.61. The Morgan fingerprint density at radius 1 is 1.74 bits per heavy atom. The Balaban J connectivity index is 2.25. The predicted octanol–water partition coefficient (Wildman–Crippen LogP) is 1.83. The van der Waals surface area contributed by atoms with Crippen LogP contribution >= 0.6 is 11.3 Å². The van der Waals surface area contributed by atoms with Crippen LogP contribution in [0, 0.1) is 16.0 Å². The molecule has 0 aromatic carbocycles. The third-order valence-electron chi connectivity index (χ3n) is 2.77. The third-order valence-corrected chi connectivity index (χ3v) is 3.52. The van der Waals surface area contributed by atoms with Crippen LogP contribution in [-0.4, -0.2) is 31.9 Å². The number of carboxylic acid groups (broad SMARTS) is 1. The lowest BCUT2D eigenvalue weighted by Crippen LogP contribution is -2.22. The standard InChI is InChI=1S/C10H12N4O4S/c1-2-6(9(15)16)5-11-7-8(14(17)18)13-3-4-19-10(13)12-7/h3-4,6,11H,2,5H2,1H3,(H,15,16). The van der Waals surface area contributed by atoms with E-state index in [9.17, 15) is 14.9 Å². The van der Waals surface area contributed by atoms with E-state index in [1.807, 2.05) is 0 Å². The molecule has 2 rings (SSSR count). The maximum absolute atomic E-state index is 11.0. The second-order valence-electron chi connectivity index (χ2n) is 3.92. The first-order chi connectivity index (χ1) is 9.04. The Kier molecular flexibility index (Phi) is 3.65. The number of fused-ring (bicyclic) bond motifs is 1. The minimum Gasteiger partial charge on any atom is -0.481 e. The first kappa shape index (κ1) is 13.3. The summed E-state index contributed by atoms with van der Waals surface area (Å²) in [5, 5.41) is 24.4. The van der Waals surface area contributed by atoms with Crippen molar-refractivity contribution in [1.29, 1.82) is 0 Å². The van der Waals surface area contributed by atoms with Crippen molar-refractivity contribution in [2.75, 3.05) is 11.9 Å². The molecule has 102 valence electrons. The number of nitro groups is 1. The summed E-state index contributed by atoms with van der Waals surface area (Å²) in [4.78, 5) is 26.0. The zero-order valence-corrected chi connectivity index (χ0v) is 10.9. The maximum atomic E-state index is 11.0. The molecule has 0 bridgehead atoms. The van der Waals surface area contributed by atoms with Crippen LogP contribution in [0.2, 0.25) is 0 Å². The van der Waals surface area contributed by atoms with Crippen molar-refractivity contribution in [2.45, 2.75) is 13.3 Å². The Hall–Kier alpha value is -2.16. The Bertz CT molecular complexity index is 620. The molecule has 2 N–H and O–H groups in total. The van der Waals surface area contributed by atoms with E-state index < -0.39 is 16.8 Å². The van der Waals surface area contributed by atoms with Gasteiger partial charge < -0.3 is 20.5 Å². The number of hydrogen-bond acceptors (Lipinski definition) is 6. The van der Waals surface area contributed by atoms with Crippen LogP contribution < -0.4 is 5.32 Å². The van der Waals surface area contributed by atoms with Gasteiger partial charge in [-0.2, -0.15) is 9.38 Å². The average molecular weight is 284 g/mol. The molecule has 1 atom stereocenters. The van der Waals surface area contributed by atoms with Gasteiger partial charge in [0.15, 0.2) is 0 Å². The Morgan fingerprint density at radius 2 is 2.47 bits per heavy atom. The fourth-order valence-electron chi connectivity index (χ4n) is 1.69. The highest BCUT2D eigenvalue weighted by Gasteiger charge is 2.24. The molecule has 0 amide bonds. The summed E-state index contributed by atoms with van der Waals surface area (Å²) in [6.45, 7) is 1.86. The summed E-state index contributed by atoms with van der Waals surface area (Å²) in [6.07, 6.45) is 2.00. The summed E-state index contributed by atoms with van der Waals surface area (Å²) in [5.74, 6) is -1.59. The van der Waals surface area contributed by atoms with Gasteiger partial charge in [0.1, 0.15) is 6.20 Å². The lowest BCUT2D eigenvalue weighted by atomic mass is 10.1. The van der Waals surface area contributed by atoms with Gasteiger partial charge in [0.05, 0.1) is 5.92 Å². The molecule has 0 saturated carbocycles. The predicted molar refractivity (Wildman–Crippen MR) is 69.6 cm³/mol. The molecule has 2 heterocycles. The van der Waals surface area contributed by atoms with Crippen molar-refractivity contribution in [2.24, 2.45) is 5.92 Å². The number of thiazole rings is 1. The topological polar surface area (TPSA) is 110 Å². The average Bonchev–Trinajstić information content (AvgIpc) is 2.88. The molecule has 2 aromatic heterocycles. The van der Waals surface area contributed by atoms with Gasteiger partial charge in [-0.1, -0.05) is 18.3 Å². The minimum atomic E-state index is -0.932. The Morgan fingerprint density at radius 3 is 3.05 bits per heavy atom. The zero-order valence-electron chi connectivity index (χ0n) is 10.1. The van der Waals surface area contributed by atoms with Crippen LogP contribution in [-0.2, 0) is 4.79 Å². The monoisotopic (exact) mass is 284 g/mol. The number of rotatable bonds is 6. The summed E-state index contributed by atoms with van der Waals surface area (Å²) >= 11 is 1.28. The van der Waals surface area contributed by atoms with Crippen LogP contribution in [0.25, 0.3) is 4.96 Å². The van der Waals surface area contributed by atoms with E-state index in [2.05, 4.69) is 10.3 Å². The first-order valence-corrected chi connectivity index (χ1v) is 6.49. The van der Waals surface area contributed by atoms with Gasteiger partial charge in [0.2, 0.25) is 5.82 Å². The summed E-state index contributed by atoms with van der Waals surface area (Å²) < 4.78 is 1.37. The molecule has 0 spiro atoms. The highest BCUT2D eigenvalue weighted by atomic mass is 32.1. The molecule has 0 saturated heterocycles. The Labute approximate surface area is 111 Å². The van der Waals surface area contributed by atoms with Crippen LogP contribution in [0.3, 0.4) is 0 Å². The fraction of sp³-hybridized carbons (Fsp3) is 0.400. The van der Waals surface area contributed by atoms with Crippen LogP contribution in [0.15, 0.2) is 11.6 Å². The summed E-state index contributed by atoms with van der Waals surface area (Å²) in [5.41, 5.74) is 0.